The molecule has 1 unspecified atom stereocenters. The van der Waals surface area contributed by atoms with Crippen LogP contribution in [0.25, 0.3) is 0 Å². The fourth-order valence-corrected chi connectivity index (χ4v) is 2.34. The van der Waals surface area contributed by atoms with Gasteiger partial charge < -0.3 is 10.2 Å². The molecule has 1 saturated heterocycles. The van der Waals surface area contributed by atoms with Gasteiger partial charge in [0.25, 0.3) is 0 Å². The van der Waals surface area contributed by atoms with Crippen LogP contribution in [0, 0.1) is 0 Å². The number of nitrogens with zero attached hydrogens (tertiary/aromatic N) is 1. The Morgan fingerprint density at radius 1 is 1.35 bits per heavy atom. The van der Waals surface area contributed by atoms with Crippen LogP contribution in [0.2, 0.25) is 0 Å². The summed E-state index contributed by atoms with van der Waals surface area (Å²) in [6.07, 6.45) is 2.55. The zero-order valence-electron chi connectivity index (χ0n) is 12.2. The first-order valence-electron chi connectivity index (χ1n) is 7.28. The van der Waals surface area contributed by atoms with Gasteiger partial charge in [-0.05, 0) is 37.5 Å². The summed E-state index contributed by atoms with van der Waals surface area (Å²) >= 11 is 0. The standard InChI is InChI=1S/C16H22N2O2/c1-3-13-5-4-6-14(11-13)17-15(19)7-8-16(20)18-10-9-12(18)2/h4-6,11-12H,3,7-10H2,1-2H3,(H,17,19). The molecular formula is C16H22N2O2. The predicted octanol–water partition coefficient (Wildman–Crippen LogP) is 2.59. The second kappa shape index (κ2) is 6.55. The third kappa shape index (κ3) is 3.59. The second-order valence-electron chi connectivity index (χ2n) is 5.33. The van der Waals surface area contributed by atoms with Crippen LogP contribution in [0.4, 0.5) is 5.69 Å². The van der Waals surface area contributed by atoms with E-state index >= 15 is 0 Å². The second-order valence-corrected chi connectivity index (χ2v) is 5.33. The van der Waals surface area contributed by atoms with Crippen molar-refractivity contribution in [1.29, 1.82) is 0 Å². The number of amides is 2. The third-order valence-corrected chi connectivity index (χ3v) is 3.83. The van der Waals surface area contributed by atoms with E-state index in [0.717, 1.165) is 25.1 Å². The minimum atomic E-state index is -0.0974. The maximum atomic E-state index is 11.8. The molecule has 1 fully saturated rings. The summed E-state index contributed by atoms with van der Waals surface area (Å²) in [4.78, 5) is 25.5. The van der Waals surface area contributed by atoms with Crippen molar-refractivity contribution in [1.82, 2.24) is 4.90 Å². The molecule has 2 rings (SSSR count). The van der Waals surface area contributed by atoms with Gasteiger partial charge in [-0.25, -0.2) is 0 Å². The molecule has 0 saturated carbocycles. The molecule has 0 bridgehead atoms. The van der Waals surface area contributed by atoms with Gasteiger partial charge in [0.05, 0.1) is 0 Å². The van der Waals surface area contributed by atoms with Gasteiger partial charge in [0.2, 0.25) is 11.8 Å². The van der Waals surface area contributed by atoms with Crippen molar-refractivity contribution >= 4 is 17.5 Å². The van der Waals surface area contributed by atoms with E-state index in [1.165, 1.54) is 5.56 Å². The molecule has 4 nitrogen and oxygen atoms in total. The first-order valence-corrected chi connectivity index (χ1v) is 7.28. The van der Waals surface area contributed by atoms with Crippen molar-refractivity contribution in [2.75, 3.05) is 11.9 Å². The molecule has 0 radical (unpaired) electrons. The van der Waals surface area contributed by atoms with Crippen molar-refractivity contribution < 1.29 is 9.59 Å². The van der Waals surface area contributed by atoms with Gasteiger partial charge in [0.15, 0.2) is 0 Å². The zero-order chi connectivity index (χ0) is 14.5. The van der Waals surface area contributed by atoms with E-state index in [4.69, 9.17) is 0 Å². The Labute approximate surface area is 120 Å². The SMILES string of the molecule is CCc1cccc(NC(=O)CCC(=O)N2CCC2C)c1. The molecule has 20 heavy (non-hydrogen) atoms. The molecule has 108 valence electrons. The highest BCUT2D eigenvalue weighted by Gasteiger charge is 2.27. The molecule has 1 N–H and O–H groups in total. The van der Waals surface area contributed by atoms with Gasteiger partial charge in [-0.3, -0.25) is 9.59 Å². The van der Waals surface area contributed by atoms with Crippen molar-refractivity contribution in [3.05, 3.63) is 29.8 Å². The normalized spacial score (nSPS) is 17.5. The van der Waals surface area contributed by atoms with E-state index < -0.39 is 0 Å². The fraction of sp³-hybridized carbons (Fsp3) is 0.500. The van der Waals surface area contributed by atoms with E-state index in [-0.39, 0.29) is 18.2 Å². The summed E-state index contributed by atoms with van der Waals surface area (Å²) in [5, 5.41) is 2.85. The van der Waals surface area contributed by atoms with Crippen LogP contribution >= 0.6 is 0 Å². The first kappa shape index (κ1) is 14.6. The number of anilines is 1. The molecule has 1 atom stereocenters. The van der Waals surface area contributed by atoms with Gasteiger partial charge in [-0.1, -0.05) is 19.1 Å². The van der Waals surface area contributed by atoms with Crippen LogP contribution < -0.4 is 5.32 Å². The Bertz CT molecular complexity index is 499. The number of aryl methyl sites for hydroxylation is 1. The lowest BCUT2D eigenvalue weighted by Gasteiger charge is -2.38. The number of hydrogen-bond acceptors (Lipinski definition) is 2. The predicted molar refractivity (Wildman–Crippen MR) is 79.5 cm³/mol. The van der Waals surface area contributed by atoms with Gasteiger partial charge >= 0.3 is 0 Å². The van der Waals surface area contributed by atoms with Crippen molar-refractivity contribution in [3.63, 3.8) is 0 Å². The quantitative estimate of drug-likeness (QED) is 0.897. The summed E-state index contributed by atoms with van der Waals surface area (Å²) in [6, 6.07) is 8.14. The van der Waals surface area contributed by atoms with Crippen LogP contribution in [-0.4, -0.2) is 29.3 Å². The van der Waals surface area contributed by atoms with Crippen LogP contribution in [0.3, 0.4) is 0 Å². The van der Waals surface area contributed by atoms with E-state index in [0.29, 0.717) is 12.5 Å². The van der Waals surface area contributed by atoms with Gasteiger partial charge in [-0.2, -0.15) is 0 Å². The van der Waals surface area contributed by atoms with Crippen LogP contribution in [0.5, 0.6) is 0 Å². The summed E-state index contributed by atoms with van der Waals surface area (Å²) < 4.78 is 0. The van der Waals surface area contributed by atoms with Crippen molar-refractivity contribution in [2.24, 2.45) is 0 Å². The number of nitrogens with one attached hydrogen (secondary N) is 1. The molecule has 0 aliphatic carbocycles. The molecule has 1 aromatic rings. The van der Waals surface area contributed by atoms with Crippen LogP contribution in [0.1, 0.15) is 38.7 Å². The molecule has 1 aromatic carbocycles. The topological polar surface area (TPSA) is 49.4 Å². The number of carbonyl (C=O) groups excluding carboxylic acids is 2. The lowest BCUT2D eigenvalue weighted by molar-refractivity contribution is -0.139. The monoisotopic (exact) mass is 274 g/mol. The number of rotatable bonds is 5. The molecule has 2 amide bonds. The number of likely N-dealkylation sites (tertiary alicyclic amines) is 1. The van der Waals surface area contributed by atoms with Gasteiger partial charge in [0.1, 0.15) is 0 Å². The van der Waals surface area contributed by atoms with Crippen LogP contribution in [0.15, 0.2) is 24.3 Å². The average Bonchev–Trinajstić information content (AvgIpc) is 2.43. The summed E-state index contributed by atoms with van der Waals surface area (Å²) in [6.45, 7) is 4.95. The smallest absolute Gasteiger partial charge is 0.224 e. The number of benzene rings is 1. The highest BCUT2D eigenvalue weighted by Crippen LogP contribution is 2.18. The molecule has 0 aromatic heterocycles. The molecule has 1 aliphatic rings. The van der Waals surface area contributed by atoms with E-state index in [1.54, 1.807) is 0 Å². The first-order chi connectivity index (χ1) is 9.60. The minimum Gasteiger partial charge on any atom is -0.340 e. The van der Waals surface area contributed by atoms with Crippen molar-refractivity contribution in [3.8, 4) is 0 Å². The molecular weight excluding hydrogens is 252 g/mol. The van der Waals surface area contributed by atoms with Gasteiger partial charge in [0, 0.05) is 31.1 Å². The minimum absolute atomic E-state index is 0.0845. The number of carbonyl (C=O) groups is 2. The Morgan fingerprint density at radius 3 is 2.75 bits per heavy atom. The van der Waals surface area contributed by atoms with Crippen molar-refractivity contribution in [2.45, 2.75) is 45.6 Å². The lowest BCUT2D eigenvalue weighted by atomic mass is 10.0. The highest BCUT2D eigenvalue weighted by atomic mass is 16.2. The molecule has 0 spiro atoms. The lowest BCUT2D eigenvalue weighted by Crippen LogP contribution is -2.49. The van der Waals surface area contributed by atoms with E-state index in [1.807, 2.05) is 36.1 Å². The average molecular weight is 274 g/mol. The summed E-state index contributed by atoms with van der Waals surface area (Å²) in [7, 11) is 0. The number of hydrogen-bond donors (Lipinski definition) is 1. The Kier molecular flexibility index (Phi) is 4.77. The maximum Gasteiger partial charge on any atom is 0.224 e. The third-order valence-electron chi connectivity index (χ3n) is 3.83. The largest absolute Gasteiger partial charge is 0.340 e. The Morgan fingerprint density at radius 2 is 2.15 bits per heavy atom. The molecule has 1 heterocycles. The summed E-state index contributed by atoms with van der Waals surface area (Å²) in [5.41, 5.74) is 1.99. The Balaban J connectivity index is 1.78. The molecule has 1 aliphatic heterocycles. The Hall–Kier alpha value is -1.84. The van der Waals surface area contributed by atoms with E-state index in [2.05, 4.69) is 12.2 Å². The highest BCUT2D eigenvalue weighted by molar-refractivity contribution is 5.93. The van der Waals surface area contributed by atoms with E-state index in [9.17, 15) is 9.59 Å². The zero-order valence-corrected chi connectivity index (χ0v) is 12.2. The maximum absolute atomic E-state index is 11.8. The summed E-state index contributed by atoms with van der Waals surface area (Å²) in [5.74, 6) is -0.0130. The fourth-order valence-electron chi connectivity index (χ4n) is 2.34. The molecule has 4 heteroatoms. The van der Waals surface area contributed by atoms with Gasteiger partial charge in [-0.15, -0.1) is 0 Å². The van der Waals surface area contributed by atoms with Crippen LogP contribution in [-0.2, 0) is 16.0 Å².